The Morgan fingerprint density at radius 3 is 2.97 bits per heavy atom. The fraction of sp³-hybridized carbons (Fsp3) is 0.727. The Kier molecular flexibility index (Phi) is 8.12. The van der Waals surface area contributed by atoms with E-state index in [1.54, 1.807) is 7.11 Å². The van der Waals surface area contributed by atoms with Crippen LogP contribution in [0, 0.1) is 5.41 Å². The van der Waals surface area contributed by atoms with Gasteiger partial charge < -0.3 is 25.0 Å². The lowest BCUT2D eigenvalue weighted by Crippen LogP contribution is -2.47. The van der Waals surface area contributed by atoms with E-state index < -0.39 is 0 Å². The van der Waals surface area contributed by atoms with Crippen LogP contribution in [0.3, 0.4) is 0 Å². The Labute approximate surface area is 175 Å². The number of rotatable bonds is 9. The van der Waals surface area contributed by atoms with E-state index in [9.17, 15) is 0 Å². The van der Waals surface area contributed by atoms with Crippen molar-refractivity contribution in [3.63, 3.8) is 0 Å². The average Bonchev–Trinajstić information content (AvgIpc) is 2.71. The van der Waals surface area contributed by atoms with Crippen LogP contribution >= 0.6 is 0 Å². The lowest BCUT2D eigenvalue weighted by molar-refractivity contribution is 0.0529. The highest BCUT2D eigenvalue weighted by Gasteiger charge is 2.36. The first kappa shape index (κ1) is 21.8. The number of hydrogen-bond donors (Lipinski definition) is 2. The minimum atomic E-state index is 0.244. The summed E-state index contributed by atoms with van der Waals surface area (Å²) in [4.78, 5) is 11.7. The van der Waals surface area contributed by atoms with Gasteiger partial charge in [0.2, 0.25) is 0 Å². The molecular weight excluding hydrogens is 366 g/mol. The summed E-state index contributed by atoms with van der Waals surface area (Å²) < 4.78 is 11.0. The van der Waals surface area contributed by atoms with Crippen LogP contribution in [0.1, 0.15) is 45.1 Å². The Morgan fingerprint density at radius 1 is 1.41 bits per heavy atom. The average molecular weight is 404 g/mol. The van der Waals surface area contributed by atoms with E-state index >= 15 is 0 Å². The maximum Gasteiger partial charge on any atom is 0.191 e. The smallest absolute Gasteiger partial charge is 0.191 e. The number of hydrogen-bond acceptors (Lipinski definition) is 5. The molecule has 29 heavy (non-hydrogen) atoms. The number of nitrogens with one attached hydrogen (secondary N) is 2. The van der Waals surface area contributed by atoms with Gasteiger partial charge >= 0.3 is 0 Å². The summed E-state index contributed by atoms with van der Waals surface area (Å²) >= 11 is 0. The highest BCUT2D eigenvalue weighted by atomic mass is 16.5. The van der Waals surface area contributed by atoms with Crippen LogP contribution in [-0.4, -0.2) is 63.6 Å². The van der Waals surface area contributed by atoms with E-state index in [0.29, 0.717) is 12.0 Å². The third-order valence-corrected chi connectivity index (χ3v) is 6.02. The standard InChI is InChI=1S/C22H37N5O2/c1-4-23-21(26-17-22(7-5-8-22)9-12-28-3)25-15-19-6-10-24-20(14-19)27-11-13-29-18(2)16-27/h6,10,14,18H,4-5,7-9,11-13,15-17H2,1-3H3,(H2,23,25,26). The van der Waals surface area contributed by atoms with E-state index in [2.05, 4.69) is 40.4 Å². The molecule has 1 unspecified atom stereocenters. The quantitative estimate of drug-likeness (QED) is 0.488. The zero-order valence-electron chi connectivity index (χ0n) is 18.2. The lowest BCUT2D eigenvalue weighted by atomic mass is 9.67. The van der Waals surface area contributed by atoms with Gasteiger partial charge in [0.25, 0.3) is 0 Å². The predicted molar refractivity (Wildman–Crippen MR) is 117 cm³/mol. The minimum Gasteiger partial charge on any atom is -0.385 e. The van der Waals surface area contributed by atoms with Crippen molar-refractivity contribution in [1.29, 1.82) is 0 Å². The van der Waals surface area contributed by atoms with Crippen molar-refractivity contribution in [2.45, 2.75) is 52.2 Å². The Balaban J connectivity index is 1.59. The molecule has 0 radical (unpaired) electrons. The number of nitrogens with zero attached hydrogens (tertiary/aromatic N) is 3. The number of guanidine groups is 1. The van der Waals surface area contributed by atoms with E-state index in [4.69, 9.17) is 14.5 Å². The predicted octanol–water partition coefficient (Wildman–Crippen LogP) is 2.57. The van der Waals surface area contributed by atoms with Gasteiger partial charge in [0.1, 0.15) is 5.82 Å². The third kappa shape index (κ3) is 6.31. The van der Waals surface area contributed by atoms with Crippen molar-refractivity contribution in [1.82, 2.24) is 15.6 Å². The van der Waals surface area contributed by atoms with Crippen LogP contribution in [0.2, 0.25) is 0 Å². The highest BCUT2D eigenvalue weighted by Crippen LogP contribution is 2.43. The number of methoxy groups -OCH3 is 1. The number of morpholine rings is 1. The zero-order valence-corrected chi connectivity index (χ0v) is 18.2. The summed E-state index contributed by atoms with van der Waals surface area (Å²) in [6, 6.07) is 4.20. The molecule has 1 aromatic heterocycles. The molecule has 162 valence electrons. The molecule has 2 heterocycles. The van der Waals surface area contributed by atoms with E-state index in [-0.39, 0.29) is 6.10 Å². The molecule has 2 aliphatic rings. The van der Waals surface area contributed by atoms with Crippen LogP contribution in [-0.2, 0) is 16.0 Å². The van der Waals surface area contributed by atoms with Crippen LogP contribution in [0.25, 0.3) is 0 Å². The molecular formula is C22H37N5O2. The second-order valence-electron chi connectivity index (χ2n) is 8.29. The Hall–Kier alpha value is -1.86. The zero-order chi connectivity index (χ0) is 20.5. The molecule has 1 aromatic rings. The topological polar surface area (TPSA) is 71.0 Å². The first-order valence-corrected chi connectivity index (χ1v) is 11.0. The molecule has 3 rings (SSSR count). The molecule has 2 N–H and O–H groups in total. The van der Waals surface area contributed by atoms with Crippen LogP contribution in [0.5, 0.6) is 0 Å². The first-order chi connectivity index (χ1) is 14.1. The number of ether oxygens (including phenoxy) is 2. The van der Waals surface area contributed by atoms with Crippen molar-refractivity contribution in [2.24, 2.45) is 10.4 Å². The molecule has 0 amide bonds. The van der Waals surface area contributed by atoms with Gasteiger partial charge in [-0.15, -0.1) is 0 Å². The van der Waals surface area contributed by atoms with Gasteiger partial charge in [0, 0.05) is 46.1 Å². The normalized spacial score (nSPS) is 21.6. The molecule has 1 atom stereocenters. The monoisotopic (exact) mass is 403 g/mol. The van der Waals surface area contributed by atoms with Crippen molar-refractivity contribution >= 4 is 11.8 Å². The molecule has 0 spiro atoms. The second kappa shape index (κ2) is 10.8. The van der Waals surface area contributed by atoms with Gasteiger partial charge in [-0.3, -0.25) is 0 Å². The van der Waals surface area contributed by atoms with Crippen LogP contribution in [0.15, 0.2) is 23.3 Å². The van der Waals surface area contributed by atoms with Crippen LogP contribution in [0.4, 0.5) is 5.82 Å². The molecule has 1 aliphatic carbocycles. The van der Waals surface area contributed by atoms with Crippen molar-refractivity contribution in [3.05, 3.63) is 23.9 Å². The molecule has 1 saturated carbocycles. The van der Waals surface area contributed by atoms with E-state index in [0.717, 1.165) is 57.6 Å². The maximum atomic E-state index is 5.64. The van der Waals surface area contributed by atoms with Crippen molar-refractivity contribution in [2.75, 3.05) is 51.4 Å². The number of anilines is 1. The van der Waals surface area contributed by atoms with Crippen LogP contribution < -0.4 is 15.5 Å². The maximum absolute atomic E-state index is 5.64. The van der Waals surface area contributed by atoms with Gasteiger partial charge in [0.15, 0.2) is 5.96 Å². The van der Waals surface area contributed by atoms with Gasteiger partial charge in [0.05, 0.1) is 19.3 Å². The summed E-state index contributed by atoms with van der Waals surface area (Å²) in [5, 5.41) is 6.95. The van der Waals surface area contributed by atoms with Gasteiger partial charge in [-0.25, -0.2) is 9.98 Å². The lowest BCUT2D eigenvalue weighted by Gasteiger charge is -2.42. The fourth-order valence-electron chi connectivity index (χ4n) is 4.05. The van der Waals surface area contributed by atoms with Gasteiger partial charge in [-0.1, -0.05) is 6.42 Å². The summed E-state index contributed by atoms with van der Waals surface area (Å²) in [6.45, 7) is 10.0. The largest absolute Gasteiger partial charge is 0.385 e. The molecule has 0 aromatic carbocycles. The number of pyridine rings is 1. The van der Waals surface area contributed by atoms with E-state index in [1.807, 2.05) is 12.3 Å². The molecule has 2 fully saturated rings. The fourth-order valence-corrected chi connectivity index (χ4v) is 4.05. The summed E-state index contributed by atoms with van der Waals surface area (Å²) in [6.07, 6.45) is 7.10. The third-order valence-electron chi connectivity index (χ3n) is 6.02. The first-order valence-electron chi connectivity index (χ1n) is 11.0. The highest BCUT2D eigenvalue weighted by molar-refractivity contribution is 5.79. The molecule has 1 saturated heterocycles. The second-order valence-corrected chi connectivity index (χ2v) is 8.29. The minimum absolute atomic E-state index is 0.244. The molecule has 1 aliphatic heterocycles. The summed E-state index contributed by atoms with van der Waals surface area (Å²) in [5.74, 6) is 1.90. The van der Waals surface area contributed by atoms with E-state index in [1.165, 1.54) is 24.8 Å². The SMILES string of the molecule is CCNC(=NCc1ccnc(N2CCOC(C)C2)c1)NCC1(CCOC)CCC1. The Bertz CT molecular complexity index is 662. The van der Waals surface area contributed by atoms with Gasteiger partial charge in [-0.05, 0) is 56.2 Å². The van der Waals surface area contributed by atoms with Gasteiger partial charge in [-0.2, -0.15) is 0 Å². The van der Waals surface area contributed by atoms with Crippen molar-refractivity contribution in [3.8, 4) is 0 Å². The van der Waals surface area contributed by atoms with Crippen molar-refractivity contribution < 1.29 is 9.47 Å². The number of aromatic nitrogens is 1. The summed E-state index contributed by atoms with van der Waals surface area (Å²) in [5.41, 5.74) is 1.53. The number of aliphatic imine (C=N–C) groups is 1. The molecule has 0 bridgehead atoms. The Morgan fingerprint density at radius 2 is 2.28 bits per heavy atom. The molecule has 7 heteroatoms. The summed E-state index contributed by atoms with van der Waals surface area (Å²) in [7, 11) is 1.78. The molecule has 7 nitrogen and oxygen atoms in total.